The van der Waals surface area contributed by atoms with Gasteiger partial charge in [0.1, 0.15) is 10.3 Å². The normalized spacial score (nSPS) is 10.6. The molecule has 6 N–H and O–H groups in total. The van der Waals surface area contributed by atoms with Crippen LogP contribution in [0.5, 0.6) is 0 Å². The molecule has 0 aromatic carbocycles. The lowest BCUT2D eigenvalue weighted by atomic mass is 10.1. The molecule has 0 saturated carbocycles. The number of rotatable bonds is 7. The van der Waals surface area contributed by atoms with Gasteiger partial charge >= 0.3 is 6.03 Å². The molecule has 19 heteroatoms. The molecule has 280 valence electrons. The first-order valence-corrected chi connectivity index (χ1v) is 19.0. The largest absolute Gasteiger partial charge is 0.396 e. The number of hydrogen-bond donors (Lipinski definition) is 4. The molecule has 0 spiro atoms. The van der Waals surface area contributed by atoms with Gasteiger partial charge in [-0.25, -0.2) is 23.5 Å². The van der Waals surface area contributed by atoms with Gasteiger partial charge in [-0.3, -0.25) is 24.9 Å². The molecular formula is C33H36Cl4F2N8O3S2. The maximum absolute atomic E-state index is 13.5. The van der Waals surface area contributed by atoms with E-state index in [-0.39, 0.29) is 32.5 Å². The molecule has 4 heterocycles. The highest BCUT2D eigenvalue weighted by molar-refractivity contribution is 7.99. The number of anilines is 2. The molecule has 0 aliphatic carbocycles. The van der Waals surface area contributed by atoms with Crippen LogP contribution in [0.25, 0.3) is 0 Å². The van der Waals surface area contributed by atoms with Crippen molar-refractivity contribution in [3.8, 4) is 0 Å². The van der Waals surface area contributed by atoms with E-state index in [1.165, 1.54) is 11.8 Å². The Morgan fingerprint density at radius 2 is 1.15 bits per heavy atom. The van der Waals surface area contributed by atoms with Crippen LogP contribution in [-0.2, 0) is 0 Å². The van der Waals surface area contributed by atoms with Gasteiger partial charge in [0.2, 0.25) is 0 Å². The second-order valence-corrected chi connectivity index (χ2v) is 14.4. The number of aryl methyl sites for hydroxylation is 2. The van der Waals surface area contributed by atoms with Crippen molar-refractivity contribution in [3.05, 3.63) is 90.4 Å². The van der Waals surface area contributed by atoms with Gasteiger partial charge < -0.3 is 16.8 Å². The number of nitrogens with zero attached hydrogens (tertiary/aromatic N) is 4. The lowest BCUT2D eigenvalue weighted by molar-refractivity contribution is 0.0964. The van der Waals surface area contributed by atoms with Crippen LogP contribution in [0.15, 0.2) is 34.1 Å². The average molecular weight is 837 g/mol. The van der Waals surface area contributed by atoms with E-state index < -0.39 is 34.6 Å². The van der Waals surface area contributed by atoms with Crippen LogP contribution in [0.2, 0.25) is 20.6 Å². The van der Waals surface area contributed by atoms with Crippen molar-refractivity contribution in [2.75, 3.05) is 23.6 Å². The number of amides is 4. The van der Waals surface area contributed by atoms with E-state index in [0.717, 1.165) is 44.7 Å². The third-order valence-corrected chi connectivity index (χ3v) is 9.25. The topological polar surface area (TPSA) is 179 Å². The summed E-state index contributed by atoms with van der Waals surface area (Å²) < 4.78 is 26.2. The highest BCUT2D eigenvalue weighted by Gasteiger charge is 2.21. The SMILES string of the molecule is CSc1cc(C)nc(C(C)C)c1N.CSc1cc(C)nc(C(C)C)c1NC(=O)NC(=O)c1cc(F)c(Cl)nc1Cl.NC(=O)c1cc(F)c(Cl)nc1Cl. The fraction of sp³-hybridized carbons (Fsp3) is 0.303. The third-order valence-electron chi connectivity index (χ3n) is 6.60. The van der Waals surface area contributed by atoms with Gasteiger partial charge in [0.05, 0.1) is 33.9 Å². The van der Waals surface area contributed by atoms with Crippen molar-refractivity contribution in [2.24, 2.45) is 5.73 Å². The number of urea groups is 1. The molecule has 0 radical (unpaired) electrons. The van der Waals surface area contributed by atoms with E-state index in [4.69, 9.17) is 57.9 Å². The summed E-state index contributed by atoms with van der Waals surface area (Å²) >= 11 is 25.1. The summed E-state index contributed by atoms with van der Waals surface area (Å²) in [5, 5.41) is 3.40. The van der Waals surface area contributed by atoms with Crippen LogP contribution in [0.1, 0.15) is 83.0 Å². The Balaban J connectivity index is 0.000000310. The first-order valence-electron chi connectivity index (χ1n) is 15.0. The number of aromatic nitrogens is 4. The van der Waals surface area contributed by atoms with Crippen LogP contribution >= 0.6 is 69.9 Å². The minimum absolute atomic E-state index is 0.0470. The van der Waals surface area contributed by atoms with Gasteiger partial charge in [-0.1, -0.05) is 74.1 Å². The van der Waals surface area contributed by atoms with E-state index in [1.807, 2.05) is 52.3 Å². The van der Waals surface area contributed by atoms with Gasteiger partial charge in [-0.15, -0.1) is 23.5 Å². The molecule has 0 unspecified atom stereocenters. The van der Waals surface area contributed by atoms with Gasteiger partial charge in [0, 0.05) is 21.2 Å². The number of nitrogens with two attached hydrogens (primary N) is 2. The Bertz CT molecular complexity index is 1970. The van der Waals surface area contributed by atoms with Gasteiger partial charge in [0.25, 0.3) is 11.8 Å². The predicted molar refractivity (Wildman–Crippen MR) is 208 cm³/mol. The molecule has 4 amide bonds. The molecule has 0 bridgehead atoms. The molecule has 0 aliphatic rings. The summed E-state index contributed by atoms with van der Waals surface area (Å²) in [4.78, 5) is 52.8. The smallest absolute Gasteiger partial charge is 0.326 e. The quantitative estimate of drug-likeness (QED) is 0.104. The molecule has 4 aromatic rings. The molecule has 52 heavy (non-hydrogen) atoms. The fourth-order valence-electron chi connectivity index (χ4n) is 4.19. The standard InChI is InChI=1S/C17H17Cl2FN4O2S.C10H16N2S.C6H3Cl2FN2O/c1-7(2)12-13(11(27-4)5-8(3)21-12)22-17(26)24-16(25)9-6-10(20)15(19)23-14(9)18;1-6(2)10-9(11)8(13-4)5-7(3)12-10;7-4-2(6(10)12)1-3(9)5(8)11-4/h5-7H,1-4H3,(H2,22,24,25,26);5-6H,11H2,1-4H3;1H,(H2,10,12). The van der Waals surface area contributed by atoms with Crippen LogP contribution in [0.3, 0.4) is 0 Å². The van der Waals surface area contributed by atoms with Gasteiger partial charge in [-0.05, 0) is 62.5 Å². The molecule has 11 nitrogen and oxygen atoms in total. The summed E-state index contributed by atoms with van der Waals surface area (Å²) in [6, 6.07) is 4.74. The number of hydrogen-bond acceptors (Lipinski definition) is 10. The molecule has 4 rings (SSSR count). The molecular weight excluding hydrogens is 800 g/mol. The first kappa shape index (κ1) is 44.7. The van der Waals surface area contributed by atoms with Gasteiger partial charge in [-0.2, -0.15) is 0 Å². The van der Waals surface area contributed by atoms with Crippen molar-refractivity contribution in [1.82, 2.24) is 25.3 Å². The van der Waals surface area contributed by atoms with E-state index in [1.54, 1.807) is 11.8 Å². The lowest BCUT2D eigenvalue weighted by Crippen LogP contribution is -2.35. The van der Waals surface area contributed by atoms with Crippen molar-refractivity contribution < 1.29 is 23.2 Å². The van der Waals surface area contributed by atoms with E-state index in [2.05, 4.69) is 44.4 Å². The van der Waals surface area contributed by atoms with Crippen molar-refractivity contribution >= 4 is 99.1 Å². The van der Waals surface area contributed by atoms with Crippen LogP contribution in [0.4, 0.5) is 25.0 Å². The number of nitrogens with one attached hydrogen (secondary N) is 2. The fourth-order valence-corrected chi connectivity index (χ4v) is 6.28. The summed E-state index contributed by atoms with van der Waals surface area (Å²) in [6.45, 7) is 12.0. The number of nitrogen functional groups attached to an aromatic ring is 1. The monoisotopic (exact) mass is 834 g/mol. The third kappa shape index (κ3) is 12.3. The Labute approximate surface area is 328 Å². The second-order valence-electron chi connectivity index (χ2n) is 11.3. The Morgan fingerprint density at radius 1 is 0.712 bits per heavy atom. The van der Waals surface area contributed by atoms with Crippen LogP contribution < -0.4 is 22.1 Å². The maximum Gasteiger partial charge on any atom is 0.326 e. The lowest BCUT2D eigenvalue weighted by Gasteiger charge is -2.17. The summed E-state index contributed by atoms with van der Waals surface area (Å²) in [5.41, 5.74) is 15.3. The van der Waals surface area contributed by atoms with E-state index in [0.29, 0.717) is 17.3 Å². The highest BCUT2D eigenvalue weighted by atomic mass is 35.5. The average Bonchev–Trinajstić information content (AvgIpc) is 3.06. The van der Waals surface area contributed by atoms with Crippen LogP contribution in [-0.4, -0.2) is 50.3 Å². The van der Waals surface area contributed by atoms with Crippen molar-refractivity contribution in [2.45, 2.75) is 63.2 Å². The molecule has 0 saturated heterocycles. The molecule has 0 aliphatic heterocycles. The minimum atomic E-state index is -0.916. The predicted octanol–water partition coefficient (Wildman–Crippen LogP) is 9.48. The Hall–Kier alpha value is -3.47. The minimum Gasteiger partial charge on any atom is -0.396 e. The Morgan fingerprint density at radius 3 is 1.62 bits per heavy atom. The zero-order valence-corrected chi connectivity index (χ0v) is 33.9. The molecule has 4 aromatic heterocycles. The molecule has 0 atom stereocenters. The number of primary amides is 1. The summed E-state index contributed by atoms with van der Waals surface area (Å²) in [7, 11) is 0. The van der Waals surface area contributed by atoms with Crippen molar-refractivity contribution in [3.63, 3.8) is 0 Å². The van der Waals surface area contributed by atoms with Crippen LogP contribution in [0, 0.1) is 25.5 Å². The zero-order chi connectivity index (χ0) is 39.6. The first-order chi connectivity index (χ1) is 24.2. The Kier molecular flexibility index (Phi) is 17.3. The number of pyridine rings is 4. The number of imide groups is 1. The summed E-state index contributed by atoms with van der Waals surface area (Å²) in [6.07, 6.45) is 3.91. The molecule has 0 fully saturated rings. The number of halogens is 6. The summed E-state index contributed by atoms with van der Waals surface area (Å²) in [5.74, 6) is -3.05. The maximum atomic E-state index is 13.5. The second kappa shape index (κ2) is 20.1. The highest BCUT2D eigenvalue weighted by Crippen LogP contribution is 2.33. The number of carbonyl (C=O) groups excluding carboxylic acids is 3. The number of thioether (sulfide) groups is 2. The zero-order valence-electron chi connectivity index (χ0n) is 29.2. The van der Waals surface area contributed by atoms with Crippen molar-refractivity contribution in [1.29, 1.82) is 0 Å². The number of carbonyl (C=O) groups is 3. The van der Waals surface area contributed by atoms with E-state index in [9.17, 15) is 23.2 Å². The van der Waals surface area contributed by atoms with Gasteiger partial charge in [0.15, 0.2) is 21.9 Å². The van der Waals surface area contributed by atoms with E-state index >= 15 is 0 Å².